The maximum atomic E-state index is 6.31. The Hall–Kier alpha value is -0.420. The second-order valence-electron chi connectivity index (χ2n) is 6.56. The van der Waals surface area contributed by atoms with Gasteiger partial charge in [-0.3, -0.25) is 4.90 Å². The van der Waals surface area contributed by atoms with Crippen molar-refractivity contribution in [1.82, 2.24) is 9.80 Å². The molecule has 0 bridgehead atoms. The number of piperazine rings is 1. The van der Waals surface area contributed by atoms with Gasteiger partial charge in [0.2, 0.25) is 0 Å². The van der Waals surface area contributed by atoms with Crippen molar-refractivity contribution in [1.29, 1.82) is 0 Å². The number of nitrogens with two attached hydrogens (primary N) is 1. The molecule has 1 fully saturated rings. The van der Waals surface area contributed by atoms with Gasteiger partial charge < -0.3 is 10.6 Å². The minimum absolute atomic E-state index is 0.125. The summed E-state index contributed by atoms with van der Waals surface area (Å²) >= 11 is 3.68. The van der Waals surface area contributed by atoms with Gasteiger partial charge >= 0.3 is 0 Å². The molecule has 118 valence electrons. The summed E-state index contributed by atoms with van der Waals surface area (Å²) in [5.74, 6) is 0.740. The van der Waals surface area contributed by atoms with E-state index >= 15 is 0 Å². The van der Waals surface area contributed by atoms with Gasteiger partial charge in [-0.2, -0.15) is 0 Å². The second kappa shape index (κ2) is 7.73. The Morgan fingerprint density at radius 3 is 2.24 bits per heavy atom. The van der Waals surface area contributed by atoms with Crippen LogP contribution < -0.4 is 5.73 Å². The topological polar surface area (TPSA) is 32.5 Å². The quantitative estimate of drug-likeness (QED) is 0.882. The molecule has 0 aliphatic carbocycles. The van der Waals surface area contributed by atoms with E-state index in [1.807, 2.05) is 0 Å². The molecule has 1 aliphatic heterocycles. The molecule has 0 radical (unpaired) electrons. The molecule has 1 aromatic rings. The van der Waals surface area contributed by atoms with Gasteiger partial charge in [0.05, 0.1) is 6.04 Å². The Balaban J connectivity index is 2.06. The van der Waals surface area contributed by atoms with Gasteiger partial charge in [-0.25, -0.2) is 0 Å². The van der Waals surface area contributed by atoms with Crippen LogP contribution in [0.15, 0.2) is 28.7 Å². The molecule has 2 atom stereocenters. The molecule has 2 unspecified atom stereocenters. The SMILES string of the molecule is CC(C)CN1CCN(C(c2ccccc2Br)C(C)N)CC1. The third kappa shape index (κ3) is 4.52. The highest BCUT2D eigenvalue weighted by atomic mass is 79.9. The second-order valence-corrected chi connectivity index (χ2v) is 7.41. The lowest BCUT2D eigenvalue weighted by atomic mass is 9.98. The highest BCUT2D eigenvalue weighted by Gasteiger charge is 2.28. The summed E-state index contributed by atoms with van der Waals surface area (Å²) in [7, 11) is 0. The Bertz CT molecular complexity index is 439. The fourth-order valence-electron chi connectivity index (χ4n) is 3.27. The van der Waals surface area contributed by atoms with E-state index in [0.29, 0.717) is 6.04 Å². The van der Waals surface area contributed by atoms with Crippen molar-refractivity contribution in [2.75, 3.05) is 32.7 Å². The Morgan fingerprint density at radius 1 is 1.10 bits per heavy atom. The van der Waals surface area contributed by atoms with Gasteiger partial charge in [0.1, 0.15) is 0 Å². The van der Waals surface area contributed by atoms with E-state index in [-0.39, 0.29) is 6.04 Å². The largest absolute Gasteiger partial charge is 0.326 e. The summed E-state index contributed by atoms with van der Waals surface area (Å²) in [6, 6.07) is 8.89. The molecule has 0 aromatic heterocycles. The van der Waals surface area contributed by atoms with Crippen molar-refractivity contribution >= 4 is 15.9 Å². The Labute approximate surface area is 137 Å². The van der Waals surface area contributed by atoms with Crippen LogP contribution in [0.5, 0.6) is 0 Å². The molecule has 21 heavy (non-hydrogen) atoms. The summed E-state index contributed by atoms with van der Waals surface area (Å²) in [6.45, 7) is 12.4. The molecule has 2 rings (SSSR count). The van der Waals surface area contributed by atoms with Gasteiger partial charge in [0.15, 0.2) is 0 Å². The fourth-order valence-corrected chi connectivity index (χ4v) is 3.79. The number of benzene rings is 1. The maximum Gasteiger partial charge on any atom is 0.0508 e. The fraction of sp³-hybridized carbons (Fsp3) is 0.647. The van der Waals surface area contributed by atoms with Crippen molar-refractivity contribution in [2.45, 2.75) is 32.9 Å². The van der Waals surface area contributed by atoms with E-state index in [2.05, 4.69) is 70.8 Å². The predicted molar refractivity (Wildman–Crippen MR) is 93.4 cm³/mol. The molecule has 0 saturated carbocycles. The first-order valence-corrected chi connectivity index (χ1v) is 8.74. The molecular weight excluding hydrogens is 326 g/mol. The monoisotopic (exact) mass is 353 g/mol. The molecule has 1 saturated heterocycles. The van der Waals surface area contributed by atoms with Crippen LogP contribution in [0.25, 0.3) is 0 Å². The van der Waals surface area contributed by atoms with Crippen molar-refractivity contribution in [3.05, 3.63) is 34.3 Å². The van der Waals surface area contributed by atoms with Crippen molar-refractivity contribution in [2.24, 2.45) is 11.7 Å². The smallest absolute Gasteiger partial charge is 0.0508 e. The standard InChI is InChI=1S/C17H28BrN3/c1-13(2)12-20-8-10-21(11-9-20)17(14(3)19)15-6-4-5-7-16(15)18/h4-7,13-14,17H,8-12,19H2,1-3H3. The number of halogens is 1. The summed E-state index contributed by atoms with van der Waals surface area (Å²) in [5, 5.41) is 0. The molecule has 0 amide bonds. The van der Waals surface area contributed by atoms with Crippen molar-refractivity contribution in [3.63, 3.8) is 0 Å². The first kappa shape index (κ1) is 16.9. The van der Waals surface area contributed by atoms with Crippen LogP contribution in [0.2, 0.25) is 0 Å². The van der Waals surface area contributed by atoms with Crippen LogP contribution in [-0.2, 0) is 0 Å². The van der Waals surface area contributed by atoms with E-state index in [1.165, 1.54) is 12.1 Å². The molecule has 1 aliphatic rings. The zero-order chi connectivity index (χ0) is 15.4. The zero-order valence-corrected chi connectivity index (χ0v) is 15.0. The third-order valence-corrected chi connectivity index (χ3v) is 4.87. The summed E-state index contributed by atoms with van der Waals surface area (Å²) in [4.78, 5) is 5.11. The average Bonchev–Trinajstić information content (AvgIpc) is 2.42. The Kier molecular flexibility index (Phi) is 6.23. The minimum atomic E-state index is 0.125. The van der Waals surface area contributed by atoms with Crippen LogP contribution >= 0.6 is 15.9 Å². The minimum Gasteiger partial charge on any atom is -0.326 e. The first-order valence-electron chi connectivity index (χ1n) is 7.95. The lowest BCUT2D eigenvalue weighted by molar-refractivity contribution is 0.0802. The summed E-state index contributed by atoms with van der Waals surface area (Å²) in [6.07, 6.45) is 0. The normalized spacial score (nSPS) is 20.7. The zero-order valence-electron chi connectivity index (χ0n) is 13.4. The number of nitrogens with zero attached hydrogens (tertiary/aromatic N) is 2. The lowest BCUT2D eigenvalue weighted by Gasteiger charge is -2.41. The number of hydrogen-bond acceptors (Lipinski definition) is 3. The van der Waals surface area contributed by atoms with Crippen molar-refractivity contribution < 1.29 is 0 Å². The van der Waals surface area contributed by atoms with Crippen LogP contribution in [0.3, 0.4) is 0 Å². The molecule has 3 nitrogen and oxygen atoms in total. The molecule has 4 heteroatoms. The highest BCUT2D eigenvalue weighted by Crippen LogP contribution is 2.30. The predicted octanol–water partition coefficient (Wildman–Crippen LogP) is 3.11. The van der Waals surface area contributed by atoms with Crippen LogP contribution in [0, 0.1) is 5.92 Å². The van der Waals surface area contributed by atoms with E-state index < -0.39 is 0 Å². The molecular formula is C17H28BrN3. The molecule has 2 N–H and O–H groups in total. The number of rotatable bonds is 5. The maximum absolute atomic E-state index is 6.31. The third-order valence-electron chi connectivity index (χ3n) is 4.15. The van der Waals surface area contributed by atoms with Gasteiger partial charge in [0, 0.05) is 43.2 Å². The van der Waals surface area contributed by atoms with Gasteiger partial charge in [-0.15, -0.1) is 0 Å². The lowest BCUT2D eigenvalue weighted by Crippen LogP contribution is -2.51. The summed E-state index contributed by atoms with van der Waals surface area (Å²) in [5.41, 5.74) is 7.62. The van der Waals surface area contributed by atoms with E-state index in [1.54, 1.807) is 0 Å². The van der Waals surface area contributed by atoms with E-state index in [9.17, 15) is 0 Å². The molecule has 0 spiro atoms. The first-order chi connectivity index (χ1) is 9.99. The highest BCUT2D eigenvalue weighted by molar-refractivity contribution is 9.10. The van der Waals surface area contributed by atoms with Gasteiger partial charge in [-0.05, 0) is 24.5 Å². The van der Waals surface area contributed by atoms with Crippen LogP contribution in [-0.4, -0.2) is 48.6 Å². The van der Waals surface area contributed by atoms with Gasteiger partial charge in [-0.1, -0.05) is 48.0 Å². The van der Waals surface area contributed by atoms with Gasteiger partial charge in [0.25, 0.3) is 0 Å². The molecule has 1 aromatic carbocycles. The van der Waals surface area contributed by atoms with Crippen LogP contribution in [0.4, 0.5) is 0 Å². The Morgan fingerprint density at radius 2 is 1.71 bits per heavy atom. The number of hydrogen-bond donors (Lipinski definition) is 1. The van der Waals surface area contributed by atoms with E-state index in [0.717, 1.165) is 36.6 Å². The van der Waals surface area contributed by atoms with Crippen LogP contribution in [0.1, 0.15) is 32.4 Å². The van der Waals surface area contributed by atoms with Crippen molar-refractivity contribution in [3.8, 4) is 0 Å². The average molecular weight is 354 g/mol. The summed E-state index contributed by atoms with van der Waals surface area (Å²) < 4.78 is 1.16. The molecule has 1 heterocycles. The van der Waals surface area contributed by atoms with E-state index in [4.69, 9.17) is 5.73 Å².